The number of carbonyl (C=O) groups is 1. The van der Waals surface area contributed by atoms with Crippen molar-refractivity contribution in [3.63, 3.8) is 0 Å². The molecule has 0 saturated heterocycles. The summed E-state index contributed by atoms with van der Waals surface area (Å²) in [7, 11) is -2.49. The number of nitrogens with zero attached hydrogens (tertiary/aromatic N) is 1. The highest BCUT2D eigenvalue weighted by molar-refractivity contribution is 7.89. The molecule has 1 heterocycles. The number of H-pyrrole nitrogens is 1. The maximum atomic E-state index is 12.0. The Morgan fingerprint density at radius 2 is 2.21 bits per heavy atom. The van der Waals surface area contributed by atoms with Crippen molar-refractivity contribution in [3.8, 4) is 0 Å². The van der Waals surface area contributed by atoms with Crippen LogP contribution in [0.15, 0.2) is 4.90 Å². The molecule has 0 bridgehead atoms. The summed E-state index contributed by atoms with van der Waals surface area (Å²) in [6, 6.07) is -0.220. The molecule has 8 nitrogen and oxygen atoms in total. The molecule has 1 rings (SSSR count). The first-order chi connectivity index (χ1) is 8.81. The first-order valence-corrected chi connectivity index (χ1v) is 7.23. The first kappa shape index (κ1) is 15.6. The van der Waals surface area contributed by atoms with Crippen LogP contribution < -0.4 is 10.5 Å². The lowest BCUT2D eigenvalue weighted by atomic mass is 10.2. The van der Waals surface area contributed by atoms with Crippen molar-refractivity contribution in [1.29, 1.82) is 0 Å². The maximum absolute atomic E-state index is 12.0. The molecule has 0 aliphatic carbocycles. The molecule has 0 spiro atoms. The smallest absolute Gasteiger partial charge is 0.273 e. The standard InChI is InChI=1S/C10H18N4O4S/c1-4-7(5-18-3)12-10(15)8-9(19(11,16)17)6(2)13-14-8/h7H,4-5H2,1-3H3,(H,12,15)(H,13,14)(H2,11,16,17). The van der Waals surface area contributed by atoms with Crippen molar-refractivity contribution < 1.29 is 17.9 Å². The van der Waals surface area contributed by atoms with Gasteiger partial charge in [-0.05, 0) is 13.3 Å². The second kappa shape index (κ2) is 6.13. The summed E-state index contributed by atoms with van der Waals surface area (Å²) in [4.78, 5) is 11.7. The molecule has 0 aliphatic heterocycles. The molecule has 0 saturated carbocycles. The molecule has 19 heavy (non-hydrogen) atoms. The van der Waals surface area contributed by atoms with Crippen molar-refractivity contribution in [2.45, 2.75) is 31.2 Å². The van der Waals surface area contributed by atoms with Crippen LogP contribution >= 0.6 is 0 Å². The van der Waals surface area contributed by atoms with Crippen LogP contribution in [0.1, 0.15) is 29.5 Å². The lowest BCUT2D eigenvalue weighted by Gasteiger charge is -2.15. The predicted octanol–water partition coefficient (Wildman–Crippen LogP) is -0.480. The number of aromatic nitrogens is 2. The van der Waals surface area contributed by atoms with Crippen LogP contribution in [-0.4, -0.2) is 44.3 Å². The van der Waals surface area contributed by atoms with E-state index in [-0.39, 0.29) is 22.3 Å². The zero-order valence-corrected chi connectivity index (χ0v) is 11.9. The van der Waals surface area contributed by atoms with Gasteiger partial charge in [-0.2, -0.15) is 5.10 Å². The fraction of sp³-hybridized carbons (Fsp3) is 0.600. The molecule has 0 radical (unpaired) electrons. The van der Waals surface area contributed by atoms with Crippen LogP contribution in [-0.2, 0) is 14.8 Å². The molecule has 1 amide bonds. The van der Waals surface area contributed by atoms with E-state index in [1.54, 1.807) is 0 Å². The van der Waals surface area contributed by atoms with E-state index < -0.39 is 15.9 Å². The highest BCUT2D eigenvalue weighted by Gasteiger charge is 2.26. The van der Waals surface area contributed by atoms with Crippen molar-refractivity contribution in [3.05, 3.63) is 11.4 Å². The third-order valence-corrected chi connectivity index (χ3v) is 3.66. The third-order valence-electron chi connectivity index (χ3n) is 2.59. The number of hydrogen-bond donors (Lipinski definition) is 3. The Bertz CT molecular complexity index is 552. The predicted molar refractivity (Wildman–Crippen MR) is 68.1 cm³/mol. The van der Waals surface area contributed by atoms with Crippen molar-refractivity contribution in [2.75, 3.05) is 13.7 Å². The molecule has 1 atom stereocenters. The number of amides is 1. The minimum absolute atomic E-state index is 0.220. The van der Waals surface area contributed by atoms with Gasteiger partial charge in [0.25, 0.3) is 5.91 Å². The SMILES string of the molecule is CCC(COC)NC(=O)c1n[nH]c(C)c1S(N)(=O)=O. The number of nitrogens with two attached hydrogens (primary N) is 1. The second-order valence-electron chi connectivity index (χ2n) is 4.11. The van der Waals surface area contributed by atoms with Gasteiger partial charge in [-0.15, -0.1) is 0 Å². The van der Waals surface area contributed by atoms with Gasteiger partial charge in [-0.25, -0.2) is 13.6 Å². The third kappa shape index (κ3) is 3.75. The van der Waals surface area contributed by atoms with E-state index in [4.69, 9.17) is 9.88 Å². The Morgan fingerprint density at radius 3 is 2.68 bits per heavy atom. The van der Waals surface area contributed by atoms with Crippen LogP contribution in [0.2, 0.25) is 0 Å². The van der Waals surface area contributed by atoms with Crippen LogP contribution in [0.4, 0.5) is 0 Å². The van der Waals surface area contributed by atoms with E-state index in [1.807, 2.05) is 6.92 Å². The van der Waals surface area contributed by atoms with E-state index in [1.165, 1.54) is 14.0 Å². The number of hydrogen-bond acceptors (Lipinski definition) is 5. The summed E-state index contributed by atoms with van der Waals surface area (Å²) in [5.41, 5.74) is 0.00185. The van der Waals surface area contributed by atoms with Gasteiger partial charge in [-0.1, -0.05) is 6.92 Å². The first-order valence-electron chi connectivity index (χ1n) is 5.68. The zero-order valence-electron chi connectivity index (χ0n) is 11.1. The Morgan fingerprint density at radius 1 is 1.58 bits per heavy atom. The molecule has 0 aliphatic rings. The van der Waals surface area contributed by atoms with E-state index in [2.05, 4.69) is 15.5 Å². The summed E-state index contributed by atoms with van der Waals surface area (Å²) < 4.78 is 27.8. The number of rotatable bonds is 6. The number of carbonyl (C=O) groups excluding carboxylic acids is 1. The van der Waals surface area contributed by atoms with Crippen molar-refractivity contribution >= 4 is 15.9 Å². The van der Waals surface area contributed by atoms with E-state index in [0.29, 0.717) is 13.0 Å². The molecule has 0 fully saturated rings. The Hall–Kier alpha value is -1.45. The van der Waals surface area contributed by atoms with Crippen LogP contribution in [0.25, 0.3) is 0 Å². The molecule has 0 aromatic carbocycles. The maximum Gasteiger partial charge on any atom is 0.273 e. The largest absolute Gasteiger partial charge is 0.383 e. The summed E-state index contributed by atoms with van der Waals surface area (Å²) in [5.74, 6) is -0.600. The van der Waals surface area contributed by atoms with Crippen molar-refractivity contribution in [2.24, 2.45) is 5.14 Å². The summed E-state index contributed by atoms with van der Waals surface area (Å²) >= 11 is 0. The minimum atomic E-state index is -4.01. The number of aromatic amines is 1. The number of aryl methyl sites for hydroxylation is 1. The number of sulfonamides is 1. The van der Waals surface area contributed by atoms with Gasteiger partial charge in [-0.3, -0.25) is 9.89 Å². The summed E-state index contributed by atoms with van der Waals surface area (Å²) in [6.07, 6.45) is 0.647. The lowest BCUT2D eigenvalue weighted by Crippen LogP contribution is -2.38. The van der Waals surface area contributed by atoms with E-state index >= 15 is 0 Å². The average Bonchev–Trinajstić information content (AvgIpc) is 2.70. The fourth-order valence-corrected chi connectivity index (χ4v) is 2.52. The number of methoxy groups -OCH3 is 1. The highest BCUT2D eigenvalue weighted by atomic mass is 32.2. The topological polar surface area (TPSA) is 127 Å². The average molecular weight is 290 g/mol. The van der Waals surface area contributed by atoms with Gasteiger partial charge in [0.05, 0.1) is 18.3 Å². The molecule has 108 valence electrons. The Kier molecular flexibility index (Phi) is 5.04. The molecular weight excluding hydrogens is 272 g/mol. The van der Waals surface area contributed by atoms with Crippen LogP contribution in [0.3, 0.4) is 0 Å². The van der Waals surface area contributed by atoms with Gasteiger partial charge < -0.3 is 10.1 Å². The quantitative estimate of drug-likeness (QED) is 0.652. The van der Waals surface area contributed by atoms with Gasteiger partial charge >= 0.3 is 0 Å². The van der Waals surface area contributed by atoms with Gasteiger partial charge in [0.15, 0.2) is 5.69 Å². The lowest BCUT2D eigenvalue weighted by molar-refractivity contribution is 0.0886. The molecule has 9 heteroatoms. The number of nitrogens with one attached hydrogen (secondary N) is 2. The minimum Gasteiger partial charge on any atom is -0.383 e. The highest BCUT2D eigenvalue weighted by Crippen LogP contribution is 2.15. The summed E-state index contributed by atoms with van der Waals surface area (Å²) in [6.45, 7) is 3.69. The summed E-state index contributed by atoms with van der Waals surface area (Å²) in [5, 5.41) is 13.9. The molecule has 1 aromatic heterocycles. The van der Waals surface area contributed by atoms with Crippen molar-refractivity contribution in [1.82, 2.24) is 15.5 Å². The second-order valence-corrected chi connectivity index (χ2v) is 5.60. The normalized spacial score (nSPS) is 13.3. The Labute approximate surface area is 111 Å². The van der Waals surface area contributed by atoms with Gasteiger partial charge in [0, 0.05) is 7.11 Å². The molecule has 1 aromatic rings. The molecular formula is C10H18N4O4S. The molecule has 4 N–H and O–H groups in total. The fourth-order valence-electron chi connectivity index (χ4n) is 1.64. The van der Waals surface area contributed by atoms with Crippen LogP contribution in [0.5, 0.6) is 0 Å². The zero-order chi connectivity index (χ0) is 14.6. The van der Waals surface area contributed by atoms with Gasteiger partial charge in [0.1, 0.15) is 4.90 Å². The molecule has 1 unspecified atom stereocenters. The van der Waals surface area contributed by atoms with Gasteiger partial charge in [0.2, 0.25) is 10.0 Å². The van der Waals surface area contributed by atoms with E-state index in [0.717, 1.165) is 0 Å². The Balaban J connectivity index is 3.01. The van der Waals surface area contributed by atoms with Crippen LogP contribution in [0, 0.1) is 6.92 Å². The number of primary sulfonamides is 1. The monoisotopic (exact) mass is 290 g/mol. The van der Waals surface area contributed by atoms with E-state index in [9.17, 15) is 13.2 Å². The number of ether oxygens (including phenoxy) is 1.